The van der Waals surface area contributed by atoms with Gasteiger partial charge in [0.2, 0.25) is 0 Å². The van der Waals surface area contributed by atoms with Crippen LogP contribution in [0.25, 0.3) is 33.4 Å². The van der Waals surface area contributed by atoms with E-state index in [-0.39, 0.29) is 0 Å². The number of carbonyl (C=O) groups is 1. The molecule has 158 valence electrons. The average Bonchev–Trinajstić information content (AvgIpc) is 3.21. The Kier molecular flexibility index (Phi) is 5.54. The van der Waals surface area contributed by atoms with Crippen LogP contribution in [0.1, 0.15) is 10.4 Å². The molecule has 0 saturated heterocycles. The smallest absolute Gasteiger partial charge is 0.337 e. The van der Waals surface area contributed by atoms with Crippen LogP contribution in [0.15, 0.2) is 65.1 Å². The van der Waals surface area contributed by atoms with Gasteiger partial charge >= 0.3 is 5.97 Å². The van der Waals surface area contributed by atoms with Crippen LogP contribution in [-0.2, 0) is 4.74 Å². The number of hydrogen-bond donors (Lipinski definition) is 0. The molecule has 0 fully saturated rings. The fourth-order valence-corrected chi connectivity index (χ4v) is 3.53. The molecule has 0 aliphatic heterocycles. The Hall–Kier alpha value is -3.93. The Morgan fingerprint density at radius 1 is 0.710 bits per heavy atom. The van der Waals surface area contributed by atoms with Crippen molar-refractivity contribution in [3.63, 3.8) is 0 Å². The SMILES string of the molecule is COC(=O)c1ccc2oc(-c3ccc(OC)cc3)c(-c3cc(OC)cc(OC)c3)c2c1. The van der Waals surface area contributed by atoms with E-state index in [0.717, 1.165) is 27.8 Å². The van der Waals surface area contributed by atoms with Crippen LogP contribution in [0, 0.1) is 0 Å². The van der Waals surface area contributed by atoms with Gasteiger partial charge in [0, 0.05) is 22.6 Å². The number of esters is 1. The Bertz CT molecular complexity index is 1210. The molecule has 6 nitrogen and oxygen atoms in total. The molecule has 1 aromatic heterocycles. The van der Waals surface area contributed by atoms with Crippen LogP contribution in [0.4, 0.5) is 0 Å². The summed E-state index contributed by atoms with van der Waals surface area (Å²) in [6.45, 7) is 0. The minimum absolute atomic E-state index is 0.414. The van der Waals surface area contributed by atoms with Gasteiger partial charge < -0.3 is 23.4 Å². The third-order valence-corrected chi connectivity index (χ3v) is 5.10. The molecule has 0 radical (unpaired) electrons. The molecule has 0 N–H and O–H groups in total. The maximum Gasteiger partial charge on any atom is 0.337 e. The topological polar surface area (TPSA) is 67.1 Å². The molecule has 1 heterocycles. The Labute approximate surface area is 179 Å². The van der Waals surface area contributed by atoms with Crippen molar-refractivity contribution >= 4 is 16.9 Å². The van der Waals surface area contributed by atoms with E-state index in [4.69, 9.17) is 23.4 Å². The molecule has 0 saturated carbocycles. The first-order chi connectivity index (χ1) is 15.1. The summed E-state index contributed by atoms with van der Waals surface area (Å²) in [6, 6.07) is 18.5. The number of carbonyl (C=O) groups excluding carboxylic acids is 1. The molecule has 0 bridgehead atoms. The lowest BCUT2D eigenvalue weighted by Gasteiger charge is -2.10. The molecular formula is C25H22O6. The molecular weight excluding hydrogens is 396 g/mol. The van der Waals surface area contributed by atoms with Crippen LogP contribution in [0.2, 0.25) is 0 Å². The van der Waals surface area contributed by atoms with Crippen molar-refractivity contribution in [2.45, 2.75) is 0 Å². The van der Waals surface area contributed by atoms with Gasteiger partial charge in [-0.25, -0.2) is 4.79 Å². The number of hydrogen-bond acceptors (Lipinski definition) is 6. The van der Waals surface area contributed by atoms with Crippen molar-refractivity contribution in [1.29, 1.82) is 0 Å². The molecule has 31 heavy (non-hydrogen) atoms. The van der Waals surface area contributed by atoms with Crippen LogP contribution in [0.5, 0.6) is 17.2 Å². The van der Waals surface area contributed by atoms with Gasteiger partial charge in [0.15, 0.2) is 0 Å². The molecule has 0 aliphatic carbocycles. The fraction of sp³-hybridized carbons (Fsp3) is 0.160. The van der Waals surface area contributed by atoms with Crippen molar-refractivity contribution in [3.05, 3.63) is 66.2 Å². The van der Waals surface area contributed by atoms with Crippen molar-refractivity contribution in [2.75, 3.05) is 28.4 Å². The van der Waals surface area contributed by atoms with E-state index in [1.807, 2.05) is 36.4 Å². The predicted octanol–water partition coefficient (Wildman–Crippen LogP) is 5.58. The first-order valence-corrected chi connectivity index (χ1v) is 9.60. The second-order valence-electron chi connectivity index (χ2n) is 6.84. The van der Waals surface area contributed by atoms with Crippen molar-refractivity contribution in [3.8, 4) is 39.7 Å². The first-order valence-electron chi connectivity index (χ1n) is 9.60. The third-order valence-electron chi connectivity index (χ3n) is 5.10. The van der Waals surface area contributed by atoms with Crippen molar-refractivity contribution in [2.24, 2.45) is 0 Å². The minimum Gasteiger partial charge on any atom is -0.497 e. The van der Waals surface area contributed by atoms with Gasteiger partial charge in [0.05, 0.1) is 34.0 Å². The molecule has 0 spiro atoms. The third kappa shape index (κ3) is 3.80. The lowest BCUT2D eigenvalue weighted by Crippen LogP contribution is -2.00. The van der Waals surface area contributed by atoms with E-state index in [2.05, 4.69) is 0 Å². The Morgan fingerprint density at radius 3 is 1.94 bits per heavy atom. The van der Waals surface area contributed by atoms with Crippen LogP contribution in [-0.4, -0.2) is 34.4 Å². The van der Waals surface area contributed by atoms with E-state index in [9.17, 15) is 4.79 Å². The van der Waals surface area contributed by atoms with Gasteiger partial charge in [-0.3, -0.25) is 0 Å². The van der Waals surface area contributed by atoms with E-state index < -0.39 is 5.97 Å². The van der Waals surface area contributed by atoms with E-state index in [1.165, 1.54) is 7.11 Å². The van der Waals surface area contributed by atoms with E-state index >= 15 is 0 Å². The summed E-state index contributed by atoms with van der Waals surface area (Å²) in [7, 11) is 6.19. The highest BCUT2D eigenvalue weighted by Crippen LogP contribution is 2.43. The van der Waals surface area contributed by atoms with Crippen molar-refractivity contribution < 1.29 is 28.2 Å². The molecule has 6 heteroatoms. The minimum atomic E-state index is -0.414. The van der Waals surface area contributed by atoms with Crippen LogP contribution >= 0.6 is 0 Å². The Balaban J connectivity index is 2.02. The van der Waals surface area contributed by atoms with Crippen molar-refractivity contribution in [1.82, 2.24) is 0 Å². The summed E-state index contributed by atoms with van der Waals surface area (Å²) in [5, 5.41) is 0.782. The fourth-order valence-electron chi connectivity index (χ4n) is 3.53. The lowest BCUT2D eigenvalue weighted by atomic mass is 9.97. The maximum atomic E-state index is 12.1. The summed E-state index contributed by atoms with van der Waals surface area (Å²) in [5.41, 5.74) is 3.61. The zero-order valence-electron chi connectivity index (χ0n) is 17.7. The molecule has 0 aliphatic rings. The maximum absolute atomic E-state index is 12.1. The summed E-state index contributed by atoms with van der Waals surface area (Å²) < 4.78 is 27.4. The first kappa shape index (κ1) is 20.3. The van der Waals surface area contributed by atoms with Gasteiger partial charge in [-0.1, -0.05) is 0 Å². The number of furan rings is 1. The van der Waals surface area contributed by atoms with Gasteiger partial charge in [-0.15, -0.1) is 0 Å². The van der Waals surface area contributed by atoms with Crippen LogP contribution in [0.3, 0.4) is 0 Å². The summed E-state index contributed by atoms with van der Waals surface area (Å²) in [5.74, 6) is 2.29. The number of benzene rings is 3. The molecule has 0 amide bonds. The summed E-state index contributed by atoms with van der Waals surface area (Å²) in [4.78, 5) is 12.1. The van der Waals surface area contributed by atoms with Gasteiger partial charge in [0.25, 0.3) is 0 Å². The number of methoxy groups -OCH3 is 4. The zero-order chi connectivity index (χ0) is 22.0. The van der Waals surface area contributed by atoms with Crippen LogP contribution < -0.4 is 14.2 Å². The highest BCUT2D eigenvalue weighted by atomic mass is 16.5. The number of fused-ring (bicyclic) bond motifs is 1. The second-order valence-corrected chi connectivity index (χ2v) is 6.84. The lowest BCUT2D eigenvalue weighted by molar-refractivity contribution is 0.0601. The van der Waals surface area contributed by atoms with Gasteiger partial charge in [0.1, 0.15) is 28.6 Å². The van der Waals surface area contributed by atoms with E-state index in [0.29, 0.717) is 28.4 Å². The second kappa shape index (κ2) is 8.44. The molecule has 4 rings (SSSR count). The van der Waals surface area contributed by atoms with E-state index in [1.54, 1.807) is 45.6 Å². The monoisotopic (exact) mass is 418 g/mol. The quantitative estimate of drug-likeness (QED) is 0.381. The summed E-state index contributed by atoms with van der Waals surface area (Å²) >= 11 is 0. The normalized spacial score (nSPS) is 10.7. The molecule has 3 aromatic carbocycles. The highest BCUT2D eigenvalue weighted by molar-refractivity contribution is 6.05. The van der Waals surface area contributed by atoms with Gasteiger partial charge in [-0.05, 0) is 60.2 Å². The Morgan fingerprint density at radius 2 is 1.35 bits per heavy atom. The molecule has 4 aromatic rings. The zero-order valence-corrected chi connectivity index (χ0v) is 17.7. The summed E-state index contributed by atoms with van der Waals surface area (Å²) in [6.07, 6.45) is 0. The standard InChI is InChI=1S/C25H22O6/c1-27-18-8-5-15(6-9-18)24-23(17-11-19(28-2)14-20(12-17)29-3)21-13-16(25(26)30-4)7-10-22(21)31-24/h5-14H,1-4H3. The number of rotatable bonds is 6. The number of ether oxygens (including phenoxy) is 4. The largest absolute Gasteiger partial charge is 0.497 e. The molecule has 0 atom stereocenters. The average molecular weight is 418 g/mol. The predicted molar refractivity (Wildman–Crippen MR) is 118 cm³/mol. The highest BCUT2D eigenvalue weighted by Gasteiger charge is 2.21. The molecule has 0 unspecified atom stereocenters. The van der Waals surface area contributed by atoms with Gasteiger partial charge in [-0.2, -0.15) is 0 Å².